The summed E-state index contributed by atoms with van der Waals surface area (Å²) < 4.78 is 19.2. The van der Waals surface area contributed by atoms with E-state index in [1.807, 2.05) is 6.07 Å². The van der Waals surface area contributed by atoms with Gasteiger partial charge in [-0.15, -0.1) is 0 Å². The molecule has 2 aliphatic rings. The van der Waals surface area contributed by atoms with Gasteiger partial charge in [-0.1, -0.05) is 18.9 Å². The van der Waals surface area contributed by atoms with Gasteiger partial charge in [0.1, 0.15) is 5.82 Å². The summed E-state index contributed by atoms with van der Waals surface area (Å²) in [5.74, 6) is -0.273. The highest BCUT2D eigenvalue weighted by Crippen LogP contribution is 2.49. The molecule has 1 saturated carbocycles. The van der Waals surface area contributed by atoms with Crippen LogP contribution in [-0.2, 0) is 16.7 Å². The Morgan fingerprint density at radius 2 is 1.90 bits per heavy atom. The van der Waals surface area contributed by atoms with Crippen LogP contribution in [0.5, 0.6) is 0 Å². The van der Waals surface area contributed by atoms with Gasteiger partial charge in [0.2, 0.25) is 0 Å². The lowest BCUT2D eigenvalue weighted by Crippen LogP contribution is -2.45. The highest BCUT2D eigenvalue weighted by molar-refractivity contribution is 5.25. The maximum Gasteiger partial charge on any atom is 0.141 e. The standard InChI is InChI=1S/C25H34FN3O/c1-3-30-19-24(13-10-23-9-8-22(26)17-28-23)14-15-29(18-24)25(11-4-5-12-25)21-7-6-20(2)27-16-21/h6-9,16-17H,3-5,10-15,18-19H2,1-2H3. The van der Waals surface area contributed by atoms with Gasteiger partial charge in [-0.3, -0.25) is 14.9 Å². The number of aromatic nitrogens is 2. The third kappa shape index (κ3) is 4.42. The Morgan fingerprint density at radius 1 is 1.07 bits per heavy atom. The van der Waals surface area contributed by atoms with Crippen LogP contribution in [-0.4, -0.2) is 41.2 Å². The van der Waals surface area contributed by atoms with Gasteiger partial charge in [0.25, 0.3) is 0 Å². The van der Waals surface area contributed by atoms with E-state index in [1.165, 1.54) is 43.5 Å². The van der Waals surface area contributed by atoms with Crippen molar-refractivity contribution >= 4 is 0 Å². The summed E-state index contributed by atoms with van der Waals surface area (Å²) in [4.78, 5) is 11.6. The first kappa shape index (κ1) is 21.4. The highest BCUT2D eigenvalue weighted by Gasteiger charge is 2.48. The number of aryl methyl sites for hydroxylation is 2. The SMILES string of the molecule is CCOCC1(CCc2ccc(F)cn2)CCN(C2(c3ccc(C)nc3)CCCC2)C1. The molecule has 4 rings (SSSR count). The summed E-state index contributed by atoms with van der Waals surface area (Å²) in [5.41, 5.74) is 3.65. The smallest absolute Gasteiger partial charge is 0.141 e. The van der Waals surface area contributed by atoms with Crippen molar-refractivity contribution in [3.8, 4) is 0 Å². The molecule has 0 aromatic carbocycles. The van der Waals surface area contributed by atoms with Gasteiger partial charge in [-0.05, 0) is 76.3 Å². The van der Waals surface area contributed by atoms with Crippen molar-refractivity contribution in [2.24, 2.45) is 5.41 Å². The zero-order chi connectivity index (χ0) is 21.0. The monoisotopic (exact) mass is 411 g/mol. The second-order valence-corrected chi connectivity index (χ2v) is 9.20. The third-order valence-electron chi connectivity index (χ3n) is 7.24. The van der Waals surface area contributed by atoms with Crippen LogP contribution in [0.2, 0.25) is 0 Å². The van der Waals surface area contributed by atoms with E-state index < -0.39 is 0 Å². The molecule has 3 heterocycles. The Labute approximate surface area is 179 Å². The van der Waals surface area contributed by atoms with Gasteiger partial charge in [-0.2, -0.15) is 0 Å². The largest absolute Gasteiger partial charge is 0.381 e. The average molecular weight is 412 g/mol. The third-order valence-corrected chi connectivity index (χ3v) is 7.24. The van der Waals surface area contributed by atoms with Crippen molar-refractivity contribution in [1.82, 2.24) is 14.9 Å². The molecule has 0 spiro atoms. The van der Waals surface area contributed by atoms with Gasteiger partial charge in [0, 0.05) is 41.7 Å². The average Bonchev–Trinajstić information content (AvgIpc) is 3.41. The van der Waals surface area contributed by atoms with E-state index in [4.69, 9.17) is 4.74 Å². The molecule has 0 radical (unpaired) electrons. The van der Waals surface area contributed by atoms with E-state index in [2.05, 4.69) is 47.0 Å². The number of hydrogen-bond donors (Lipinski definition) is 0. The zero-order valence-corrected chi connectivity index (χ0v) is 18.4. The van der Waals surface area contributed by atoms with Crippen LogP contribution in [0.25, 0.3) is 0 Å². The molecule has 0 N–H and O–H groups in total. The molecule has 1 unspecified atom stereocenters. The first-order valence-electron chi connectivity index (χ1n) is 11.4. The maximum absolute atomic E-state index is 13.2. The molecule has 162 valence electrons. The summed E-state index contributed by atoms with van der Waals surface area (Å²) in [6.45, 7) is 7.78. The molecule has 2 aromatic rings. The first-order chi connectivity index (χ1) is 14.6. The summed E-state index contributed by atoms with van der Waals surface area (Å²) >= 11 is 0. The molecule has 30 heavy (non-hydrogen) atoms. The molecule has 4 nitrogen and oxygen atoms in total. The van der Waals surface area contributed by atoms with Gasteiger partial charge < -0.3 is 4.74 Å². The normalized spacial score (nSPS) is 23.8. The molecular formula is C25H34FN3O. The van der Waals surface area contributed by atoms with E-state index in [-0.39, 0.29) is 16.8 Å². The first-order valence-corrected chi connectivity index (χ1v) is 11.4. The number of halogens is 1. The lowest BCUT2D eigenvalue weighted by molar-refractivity contribution is 0.0332. The van der Waals surface area contributed by atoms with Gasteiger partial charge >= 0.3 is 0 Å². The summed E-state index contributed by atoms with van der Waals surface area (Å²) in [5, 5.41) is 0. The van der Waals surface area contributed by atoms with Crippen molar-refractivity contribution in [3.05, 3.63) is 59.4 Å². The molecule has 2 fully saturated rings. The lowest BCUT2D eigenvalue weighted by Gasteiger charge is -2.41. The topological polar surface area (TPSA) is 38.2 Å². The molecular weight excluding hydrogens is 377 g/mol. The predicted octanol–water partition coefficient (Wildman–Crippen LogP) is 5.05. The zero-order valence-electron chi connectivity index (χ0n) is 18.4. The number of nitrogens with zero attached hydrogens (tertiary/aromatic N) is 3. The van der Waals surface area contributed by atoms with Crippen LogP contribution in [0.15, 0.2) is 36.7 Å². The summed E-state index contributed by atoms with van der Waals surface area (Å²) in [6, 6.07) is 7.76. The Morgan fingerprint density at radius 3 is 2.57 bits per heavy atom. The quantitative estimate of drug-likeness (QED) is 0.609. The van der Waals surface area contributed by atoms with Crippen LogP contribution >= 0.6 is 0 Å². The summed E-state index contributed by atoms with van der Waals surface area (Å²) in [7, 11) is 0. The predicted molar refractivity (Wildman–Crippen MR) is 117 cm³/mol. The number of hydrogen-bond acceptors (Lipinski definition) is 4. The number of likely N-dealkylation sites (tertiary alicyclic amines) is 1. The molecule has 5 heteroatoms. The summed E-state index contributed by atoms with van der Waals surface area (Å²) in [6.07, 6.45) is 11.4. The van der Waals surface area contributed by atoms with Crippen LogP contribution < -0.4 is 0 Å². The Hall–Kier alpha value is -1.85. The van der Waals surface area contributed by atoms with Crippen LogP contribution in [0.3, 0.4) is 0 Å². The van der Waals surface area contributed by atoms with Gasteiger partial charge in [-0.25, -0.2) is 4.39 Å². The van der Waals surface area contributed by atoms with Gasteiger partial charge in [0.05, 0.1) is 12.8 Å². The van der Waals surface area contributed by atoms with Gasteiger partial charge in [0.15, 0.2) is 0 Å². The lowest BCUT2D eigenvalue weighted by atomic mass is 9.81. The van der Waals surface area contributed by atoms with Crippen molar-refractivity contribution < 1.29 is 9.13 Å². The number of rotatable bonds is 8. The van der Waals surface area contributed by atoms with Crippen molar-refractivity contribution in [1.29, 1.82) is 0 Å². The van der Waals surface area contributed by atoms with Crippen LogP contribution in [0.4, 0.5) is 4.39 Å². The molecule has 1 aliphatic carbocycles. The minimum atomic E-state index is -0.273. The van der Waals surface area contributed by atoms with Crippen LogP contribution in [0, 0.1) is 18.2 Å². The molecule has 1 atom stereocenters. The Balaban J connectivity index is 1.53. The van der Waals surface area contributed by atoms with Crippen molar-refractivity contribution in [3.63, 3.8) is 0 Å². The second-order valence-electron chi connectivity index (χ2n) is 9.20. The van der Waals surface area contributed by atoms with Crippen LogP contribution in [0.1, 0.15) is 62.4 Å². The molecule has 0 bridgehead atoms. The fraction of sp³-hybridized carbons (Fsp3) is 0.600. The van der Waals surface area contributed by atoms with Crippen molar-refractivity contribution in [2.45, 2.75) is 64.3 Å². The van der Waals surface area contributed by atoms with E-state index in [9.17, 15) is 4.39 Å². The maximum atomic E-state index is 13.2. The second kappa shape index (κ2) is 9.11. The molecule has 0 amide bonds. The number of ether oxygens (including phenoxy) is 1. The van der Waals surface area contributed by atoms with E-state index in [0.29, 0.717) is 0 Å². The minimum absolute atomic E-state index is 0.114. The fourth-order valence-corrected chi connectivity index (χ4v) is 5.45. The van der Waals surface area contributed by atoms with E-state index >= 15 is 0 Å². The minimum Gasteiger partial charge on any atom is -0.381 e. The van der Waals surface area contributed by atoms with E-state index in [0.717, 1.165) is 57.0 Å². The van der Waals surface area contributed by atoms with E-state index in [1.54, 1.807) is 0 Å². The Kier molecular flexibility index (Phi) is 6.49. The molecule has 1 aliphatic heterocycles. The molecule has 1 saturated heterocycles. The number of pyridine rings is 2. The highest BCUT2D eigenvalue weighted by atomic mass is 19.1. The molecule has 2 aromatic heterocycles. The Bertz CT molecular complexity index is 817. The fourth-order valence-electron chi connectivity index (χ4n) is 5.45. The van der Waals surface area contributed by atoms with Crippen molar-refractivity contribution in [2.75, 3.05) is 26.3 Å².